The summed E-state index contributed by atoms with van der Waals surface area (Å²) < 4.78 is 10.7. The lowest BCUT2D eigenvalue weighted by molar-refractivity contribution is 0.0912. The fraction of sp³-hybridized carbons (Fsp3) is 0.176. The Kier molecular flexibility index (Phi) is 5.14. The maximum Gasteiger partial charge on any atom is 0.252 e. The normalized spacial score (nSPS) is 10.0. The van der Waals surface area contributed by atoms with Crippen molar-refractivity contribution >= 4 is 11.7 Å². The number of ether oxygens (including phenoxy) is 2. The van der Waals surface area contributed by atoms with Crippen LogP contribution >= 0.6 is 0 Å². The largest absolute Gasteiger partial charge is 0.494 e. The molecule has 0 saturated carbocycles. The standard InChI is InChI=1S/C17H17NO4/c1-2-21-13-9-7-12(8-10-13)15(19)11-22-16-6-4-3-5-14(16)17(18)20/h3-10H,2,11H2,1H3,(H2,18,20). The summed E-state index contributed by atoms with van der Waals surface area (Å²) in [7, 11) is 0. The molecule has 0 spiro atoms. The second-order valence-electron chi connectivity index (χ2n) is 4.53. The molecule has 0 aliphatic rings. The first-order chi connectivity index (χ1) is 10.6. The fourth-order valence-electron chi connectivity index (χ4n) is 1.93. The van der Waals surface area contributed by atoms with Crippen molar-refractivity contribution in [1.82, 2.24) is 0 Å². The first-order valence-electron chi connectivity index (χ1n) is 6.89. The predicted molar refractivity (Wildman–Crippen MR) is 82.4 cm³/mol. The van der Waals surface area contributed by atoms with E-state index in [9.17, 15) is 9.59 Å². The molecule has 0 fully saturated rings. The number of rotatable bonds is 7. The molecule has 0 atom stereocenters. The van der Waals surface area contributed by atoms with Gasteiger partial charge in [0, 0.05) is 5.56 Å². The van der Waals surface area contributed by atoms with Crippen LogP contribution in [0.4, 0.5) is 0 Å². The molecule has 0 saturated heterocycles. The van der Waals surface area contributed by atoms with Gasteiger partial charge in [-0.3, -0.25) is 9.59 Å². The molecule has 0 radical (unpaired) electrons. The molecule has 0 heterocycles. The van der Waals surface area contributed by atoms with E-state index in [-0.39, 0.29) is 18.0 Å². The first-order valence-corrected chi connectivity index (χ1v) is 6.89. The van der Waals surface area contributed by atoms with Crippen molar-refractivity contribution in [3.8, 4) is 11.5 Å². The van der Waals surface area contributed by atoms with Crippen LogP contribution in [0.1, 0.15) is 27.6 Å². The number of ketones is 1. The lowest BCUT2D eigenvalue weighted by Crippen LogP contribution is -2.16. The topological polar surface area (TPSA) is 78.6 Å². The Labute approximate surface area is 128 Å². The maximum absolute atomic E-state index is 12.1. The Balaban J connectivity index is 2.02. The molecular formula is C17H17NO4. The van der Waals surface area contributed by atoms with E-state index in [0.29, 0.717) is 23.7 Å². The third-order valence-electron chi connectivity index (χ3n) is 3.00. The van der Waals surface area contributed by atoms with E-state index in [2.05, 4.69) is 0 Å². The Morgan fingerprint density at radius 2 is 1.68 bits per heavy atom. The van der Waals surface area contributed by atoms with Crippen LogP contribution in [-0.4, -0.2) is 24.9 Å². The molecule has 0 bridgehead atoms. The van der Waals surface area contributed by atoms with Crippen LogP contribution in [0.3, 0.4) is 0 Å². The van der Waals surface area contributed by atoms with E-state index in [1.54, 1.807) is 48.5 Å². The summed E-state index contributed by atoms with van der Waals surface area (Å²) in [5.74, 6) is 0.222. The van der Waals surface area contributed by atoms with Gasteiger partial charge in [0.2, 0.25) is 0 Å². The van der Waals surface area contributed by atoms with Gasteiger partial charge in [-0.05, 0) is 43.3 Å². The SMILES string of the molecule is CCOc1ccc(C(=O)COc2ccccc2C(N)=O)cc1. The average molecular weight is 299 g/mol. The van der Waals surface area contributed by atoms with Gasteiger partial charge in [0.05, 0.1) is 12.2 Å². The highest BCUT2D eigenvalue weighted by molar-refractivity contribution is 5.98. The third-order valence-corrected chi connectivity index (χ3v) is 3.00. The number of carbonyl (C=O) groups excluding carboxylic acids is 2. The van der Waals surface area contributed by atoms with E-state index >= 15 is 0 Å². The molecule has 2 rings (SSSR count). The minimum absolute atomic E-state index is 0.168. The lowest BCUT2D eigenvalue weighted by atomic mass is 10.1. The minimum Gasteiger partial charge on any atom is -0.494 e. The summed E-state index contributed by atoms with van der Waals surface area (Å²) in [6.45, 7) is 2.29. The first kappa shape index (κ1) is 15.6. The van der Waals surface area contributed by atoms with E-state index < -0.39 is 5.91 Å². The highest BCUT2D eigenvalue weighted by Crippen LogP contribution is 2.18. The van der Waals surface area contributed by atoms with Gasteiger partial charge in [-0.15, -0.1) is 0 Å². The van der Waals surface area contributed by atoms with Gasteiger partial charge in [0.15, 0.2) is 12.4 Å². The smallest absolute Gasteiger partial charge is 0.252 e. The van der Waals surface area contributed by atoms with Gasteiger partial charge in [0.25, 0.3) is 5.91 Å². The van der Waals surface area contributed by atoms with Crippen molar-refractivity contribution in [2.45, 2.75) is 6.92 Å². The molecule has 2 N–H and O–H groups in total. The monoisotopic (exact) mass is 299 g/mol. The van der Waals surface area contributed by atoms with Crippen LogP contribution < -0.4 is 15.2 Å². The zero-order valence-electron chi connectivity index (χ0n) is 12.2. The summed E-state index contributed by atoms with van der Waals surface area (Å²) in [6, 6.07) is 13.4. The Hall–Kier alpha value is -2.82. The van der Waals surface area contributed by atoms with E-state index in [0.717, 1.165) is 0 Å². The second-order valence-corrected chi connectivity index (χ2v) is 4.53. The number of nitrogens with two attached hydrogens (primary N) is 1. The van der Waals surface area contributed by atoms with Crippen molar-refractivity contribution in [3.63, 3.8) is 0 Å². The van der Waals surface area contributed by atoms with Gasteiger partial charge < -0.3 is 15.2 Å². The number of carbonyl (C=O) groups is 2. The van der Waals surface area contributed by atoms with Crippen molar-refractivity contribution in [2.75, 3.05) is 13.2 Å². The van der Waals surface area contributed by atoms with Crippen molar-refractivity contribution in [1.29, 1.82) is 0 Å². The van der Waals surface area contributed by atoms with E-state index in [4.69, 9.17) is 15.2 Å². The molecular weight excluding hydrogens is 282 g/mol. The van der Waals surface area contributed by atoms with Crippen molar-refractivity contribution in [3.05, 3.63) is 59.7 Å². The van der Waals surface area contributed by atoms with Gasteiger partial charge in [-0.2, -0.15) is 0 Å². The van der Waals surface area contributed by atoms with E-state index in [1.165, 1.54) is 0 Å². The maximum atomic E-state index is 12.1. The molecule has 5 nitrogen and oxygen atoms in total. The number of hydrogen-bond donors (Lipinski definition) is 1. The van der Waals surface area contributed by atoms with Crippen LogP contribution in [0.5, 0.6) is 11.5 Å². The van der Waals surface area contributed by atoms with Crippen molar-refractivity contribution < 1.29 is 19.1 Å². The van der Waals surface area contributed by atoms with Crippen LogP contribution in [0.15, 0.2) is 48.5 Å². The Morgan fingerprint density at radius 3 is 2.32 bits per heavy atom. The minimum atomic E-state index is -0.593. The summed E-state index contributed by atoms with van der Waals surface area (Å²) in [6.07, 6.45) is 0. The van der Waals surface area contributed by atoms with Crippen LogP contribution in [-0.2, 0) is 0 Å². The van der Waals surface area contributed by atoms with Crippen LogP contribution in [0.2, 0.25) is 0 Å². The molecule has 2 aromatic carbocycles. The van der Waals surface area contributed by atoms with Crippen LogP contribution in [0.25, 0.3) is 0 Å². The fourth-order valence-corrected chi connectivity index (χ4v) is 1.93. The van der Waals surface area contributed by atoms with E-state index in [1.807, 2.05) is 6.92 Å². The molecule has 0 unspecified atom stereocenters. The highest BCUT2D eigenvalue weighted by atomic mass is 16.5. The molecule has 2 aromatic rings. The highest BCUT2D eigenvalue weighted by Gasteiger charge is 2.11. The molecule has 0 aromatic heterocycles. The van der Waals surface area contributed by atoms with Gasteiger partial charge in [0.1, 0.15) is 11.5 Å². The average Bonchev–Trinajstić information content (AvgIpc) is 2.54. The quantitative estimate of drug-likeness (QED) is 0.796. The Bertz CT molecular complexity index is 665. The molecule has 22 heavy (non-hydrogen) atoms. The number of hydrogen-bond acceptors (Lipinski definition) is 4. The molecule has 114 valence electrons. The number of primary amides is 1. The third kappa shape index (κ3) is 3.85. The molecule has 0 aliphatic heterocycles. The summed E-state index contributed by atoms with van der Waals surface area (Å²) in [4.78, 5) is 23.4. The number of benzene rings is 2. The van der Waals surface area contributed by atoms with Gasteiger partial charge in [-0.1, -0.05) is 12.1 Å². The number of para-hydroxylation sites is 1. The zero-order valence-corrected chi connectivity index (χ0v) is 12.2. The number of amides is 1. The second kappa shape index (κ2) is 7.26. The predicted octanol–water partition coefficient (Wildman–Crippen LogP) is 2.45. The summed E-state index contributed by atoms with van der Waals surface area (Å²) >= 11 is 0. The molecule has 0 aliphatic carbocycles. The van der Waals surface area contributed by atoms with Gasteiger partial charge in [-0.25, -0.2) is 0 Å². The van der Waals surface area contributed by atoms with Crippen molar-refractivity contribution in [2.24, 2.45) is 5.73 Å². The zero-order chi connectivity index (χ0) is 15.9. The summed E-state index contributed by atoms with van der Waals surface area (Å²) in [5.41, 5.74) is 6.03. The van der Waals surface area contributed by atoms with Crippen LogP contribution in [0, 0.1) is 0 Å². The summed E-state index contributed by atoms with van der Waals surface area (Å²) in [5, 5.41) is 0. The van der Waals surface area contributed by atoms with Gasteiger partial charge >= 0.3 is 0 Å². The number of Topliss-reactive ketones (excluding diaryl/α,β-unsaturated/α-hetero) is 1. The Morgan fingerprint density at radius 1 is 1.00 bits per heavy atom. The molecule has 5 heteroatoms. The molecule has 1 amide bonds. The lowest BCUT2D eigenvalue weighted by Gasteiger charge is -2.09.